The van der Waals surface area contributed by atoms with Crippen LogP contribution < -0.4 is 5.73 Å². The second-order valence-electron chi connectivity index (χ2n) is 5.83. The fraction of sp³-hybridized carbons (Fsp3) is 1.00. The van der Waals surface area contributed by atoms with Gasteiger partial charge in [-0.3, -0.25) is 4.90 Å². The highest BCUT2D eigenvalue weighted by Gasteiger charge is 2.42. The minimum absolute atomic E-state index is 0.149. The van der Waals surface area contributed by atoms with Gasteiger partial charge < -0.3 is 15.2 Å². The van der Waals surface area contributed by atoms with Crippen LogP contribution in [0.5, 0.6) is 0 Å². The number of nitrogens with zero attached hydrogens (tertiary/aromatic N) is 1. The van der Waals surface area contributed by atoms with Gasteiger partial charge in [-0.2, -0.15) is 0 Å². The molecule has 0 radical (unpaired) electrons. The Labute approximate surface area is 111 Å². The number of rotatable bonds is 4. The van der Waals surface area contributed by atoms with E-state index in [0.717, 1.165) is 26.1 Å². The first-order valence-corrected chi connectivity index (χ1v) is 7.25. The fourth-order valence-corrected chi connectivity index (χ4v) is 3.65. The predicted molar refractivity (Wildman–Crippen MR) is 72.7 cm³/mol. The molecule has 4 nitrogen and oxygen atoms in total. The molecule has 0 amide bonds. The summed E-state index contributed by atoms with van der Waals surface area (Å²) in [6.07, 6.45) is 7.86. The third kappa shape index (κ3) is 2.87. The predicted octanol–water partition coefficient (Wildman–Crippen LogP) is 1.38. The molecule has 0 aromatic carbocycles. The van der Waals surface area contributed by atoms with E-state index < -0.39 is 0 Å². The first kappa shape index (κ1) is 14.3. The molecule has 1 saturated heterocycles. The number of nitrogens with two attached hydrogens (primary N) is 1. The summed E-state index contributed by atoms with van der Waals surface area (Å²) < 4.78 is 11.1. The fourth-order valence-electron chi connectivity index (χ4n) is 3.65. The Balaban J connectivity index is 2.05. The normalized spacial score (nSPS) is 38.8. The van der Waals surface area contributed by atoms with Crippen molar-refractivity contribution in [2.24, 2.45) is 5.73 Å². The lowest BCUT2D eigenvalue weighted by Crippen LogP contribution is -2.60. The molecule has 0 spiro atoms. The van der Waals surface area contributed by atoms with E-state index in [2.05, 4.69) is 4.90 Å². The standard InChI is InChI=1S/C14H28N2O2/c1-17-12-5-3-7-14(9-12,11-15)16-8-4-6-13(10-16)18-2/h12-13H,3-11,15H2,1-2H3. The molecule has 2 aliphatic rings. The van der Waals surface area contributed by atoms with Gasteiger partial charge in [-0.25, -0.2) is 0 Å². The van der Waals surface area contributed by atoms with Gasteiger partial charge in [0.25, 0.3) is 0 Å². The molecule has 1 heterocycles. The van der Waals surface area contributed by atoms with E-state index in [-0.39, 0.29) is 5.54 Å². The number of hydrogen-bond donors (Lipinski definition) is 1. The van der Waals surface area contributed by atoms with Crippen LogP contribution >= 0.6 is 0 Å². The number of likely N-dealkylation sites (tertiary alicyclic amines) is 1. The van der Waals surface area contributed by atoms with Crippen LogP contribution in [-0.2, 0) is 9.47 Å². The molecule has 3 unspecified atom stereocenters. The Hall–Kier alpha value is -0.160. The van der Waals surface area contributed by atoms with Gasteiger partial charge in [0.15, 0.2) is 0 Å². The minimum Gasteiger partial charge on any atom is -0.381 e. The van der Waals surface area contributed by atoms with Crippen molar-refractivity contribution in [1.29, 1.82) is 0 Å². The summed E-state index contributed by atoms with van der Waals surface area (Å²) in [5.74, 6) is 0. The van der Waals surface area contributed by atoms with Crippen molar-refractivity contribution in [2.45, 2.75) is 56.3 Å². The van der Waals surface area contributed by atoms with Crippen molar-refractivity contribution in [2.75, 3.05) is 33.9 Å². The third-order valence-corrected chi connectivity index (χ3v) is 4.87. The van der Waals surface area contributed by atoms with Crippen molar-refractivity contribution in [3.05, 3.63) is 0 Å². The van der Waals surface area contributed by atoms with Gasteiger partial charge in [-0.05, 0) is 45.1 Å². The highest BCUT2D eigenvalue weighted by Crippen LogP contribution is 2.36. The molecule has 0 bridgehead atoms. The van der Waals surface area contributed by atoms with Crippen molar-refractivity contribution < 1.29 is 9.47 Å². The number of hydrogen-bond acceptors (Lipinski definition) is 4. The maximum Gasteiger partial charge on any atom is 0.0698 e. The zero-order chi connectivity index (χ0) is 13.0. The molecule has 3 atom stereocenters. The average molecular weight is 256 g/mol. The molecular weight excluding hydrogens is 228 g/mol. The van der Waals surface area contributed by atoms with Crippen LogP contribution in [0.15, 0.2) is 0 Å². The summed E-state index contributed by atoms with van der Waals surface area (Å²) in [7, 11) is 3.65. The second-order valence-corrected chi connectivity index (χ2v) is 5.83. The van der Waals surface area contributed by atoms with Gasteiger partial charge in [0, 0.05) is 32.8 Å². The van der Waals surface area contributed by atoms with Gasteiger partial charge in [-0.1, -0.05) is 0 Å². The molecule has 18 heavy (non-hydrogen) atoms. The van der Waals surface area contributed by atoms with E-state index >= 15 is 0 Å². The first-order chi connectivity index (χ1) is 8.74. The summed E-state index contributed by atoms with van der Waals surface area (Å²) in [4.78, 5) is 2.58. The van der Waals surface area contributed by atoms with Crippen LogP contribution in [0.3, 0.4) is 0 Å². The Morgan fingerprint density at radius 2 is 1.89 bits per heavy atom. The summed E-state index contributed by atoms with van der Waals surface area (Å²) in [5.41, 5.74) is 6.28. The van der Waals surface area contributed by atoms with E-state index in [9.17, 15) is 0 Å². The molecule has 1 aliphatic heterocycles. The lowest BCUT2D eigenvalue weighted by molar-refractivity contribution is -0.0606. The number of methoxy groups -OCH3 is 2. The highest BCUT2D eigenvalue weighted by atomic mass is 16.5. The van der Waals surface area contributed by atoms with Crippen LogP contribution in [0.4, 0.5) is 0 Å². The third-order valence-electron chi connectivity index (χ3n) is 4.87. The van der Waals surface area contributed by atoms with E-state index in [1.54, 1.807) is 0 Å². The Kier molecular flexibility index (Phi) is 5.01. The lowest BCUT2D eigenvalue weighted by Gasteiger charge is -2.50. The molecule has 4 heteroatoms. The lowest BCUT2D eigenvalue weighted by atomic mass is 9.77. The summed E-state index contributed by atoms with van der Waals surface area (Å²) in [5, 5.41) is 0. The van der Waals surface area contributed by atoms with E-state index in [1.165, 1.54) is 32.1 Å². The van der Waals surface area contributed by atoms with Gasteiger partial charge in [0.2, 0.25) is 0 Å². The minimum atomic E-state index is 0.149. The van der Waals surface area contributed by atoms with E-state index in [4.69, 9.17) is 15.2 Å². The van der Waals surface area contributed by atoms with Crippen molar-refractivity contribution in [3.63, 3.8) is 0 Å². The molecule has 2 fully saturated rings. The van der Waals surface area contributed by atoms with Crippen LogP contribution in [0, 0.1) is 0 Å². The Morgan fingerprint density at radius 3 is 2.56 bits per heavy atom. The maximum atomic E-state index is 6.13. The summed E-state index contributed by atoms with van der Waals surface area (Å²) >= 11 is 0. The zero-order valence-corrected chi connectivity index (χ0v) is 11.9. The Morgan fingerprint density at radius 1 is 1.17 bits per heavy atom. The second kappa shape index (κ2) is 6.33. The molecule has 1 saturated carbocycles. The van der Waals surface area contributed by atoms with Gasteiger partial charge >= 0.3 is 0 Å². The van der Waals surface area contributed by atoms with Gasteiger partial charge in [-0.15, -0.1) is 0 Å². The topological polar surface area (TPSA) is 47.7 Å². The van der Waals surface area contributed by atoms with Crippen LogP contribution in [0.25, 0.3) is 0 Å². The molecule has 106 valence electrons. The average Bonchev–Trinajstić information content (AvgIpc) is 2.47. The largest absolute Gasteiger partial charge is 0.381 e. The van der Waals surface area contributed by atoms with Crippen LogP contribution in [-0.4, -0.2) is 56.5 Å². The smallest absolute Gasteiger partial charge is 0.0698 e. The molecule has 0 aromatic rings. The Bertz CT molecular complexity index is 262. The molecule has 2 rings (SSSR count). The monoisotopic (exact) mass is 256 g/mol. The zero-order valence-electron chi connectivity index (χ0n) is 11.9. The number of piperidine rings is 1. The maximum absolute atomic E-state index is 6.13. The highest BCUT2D eigenvalue weighted by molar-refractivity contribution is 4.99. The van der Waals surface area contributed by atoms with Gasteiger partial charge in [0.1, 0.15) is 0 Å². The van der Waals surface area contributed by atoms with Gasteiger partial charge in [0.05, 0.1) is 12.2 Å². The van der Waals surface area contributed by atoms with Crippen molar-refractivity contribution >= 4 is 0 Å². The van der Waals surface area contributed by atoms with Crippen LogP contribution in [0.2, 0.25) is 0 Å². The first-order valence-electron chi connectivity index (χ1n) is 7.25. The van der Waals surface area contributed by atoms with E-state index in [1.807, 2.05) is 14.2 Å². The van der Waals surface area contributed by atoms with Crippen molar-refractivity contribution in [3.8, 4) is 0 Å². The molecular formula is C14H28N2O2. The summed E-state index contributed by atoms with van der Waals surface area (Å²) in [6.45, 7) is 2.93. The molecule has 0 aromatic heterocycles. The molecule has 1 aliphatic carbocycles. The summed E-state index contributed by atoms with van der Waals surface area (Å²) in [6, 6.07) is 0. The number of ether oxygens (including phenoxy) is 2. The van der Waals surface area contributed by atoms with Crippen molar-refractivity contribution in [1.82, 2.24) is 4.90 Å². The van der Waals surface area contributed by atoms with Crippen LogP contribution in [0.1, 0.15) is 38.5 Å². The quantitative estimate of drug-likeness (QED) is 0.825. The van der Waals surface area contributed by atoms with E-state index in [0.29, 0.717) is 12.2 Å². The SMILES string of the molecule is COC1CCCN(C2(CN)CCCC(OC)C2)C1. The molecule has 2 N–H and O–H groups in total.